The van der Waals surface area contributed by atoms with Crippen molar-refractivity contribution >= 4 is 17.3 Å². The summed E-state index contributed by atoms with van der Waals surface area (Å²) >= 11 is 5.08. The van der Waals surface area contributed by atoms with Gasteiger partial charge in [-0.1, -0.05) is 6.07 Å². The van der Waals surface area contributed by atoms with Crippen molar-refractivity contribution in [3.63, 3.8) is 0 Å². The Hall–Kier alpha value is -1.16. The molecule has 0 unspecified atom stereocenters. The van der Waals surface area contributed by atoms with E-state index in [0.29, 0.717) is 17.7 Å². The average molecular weight is 209 g/mol. The van der Waals surface area contributed by atoms with Gasteiger partial charge in [0.1, 0.15) is 0 Å². The molecule has 0 saturated heterocycles. The van der Waals surface area contributed by atoms with Gasteiger partial charge in [0.15, 0.2) is 5.11 Å². The van der Waals surface area contributed by atoms with Gasteiger partial charge in [-0.3, -0.25) is 4.98 Å². The van der Waals surface area contributed by atoms with Crippen LogP contribution in [0.2, 0.25) is 0 Å². The van der Waals surface area contributed by atoms with E-state index in [1.807, 2.05) is 18.2 Å². The van der Waals surface area contributed by atoms with Crippen LogP contribution in [0.1, 0.15) is 19.5 Å². The summed E-state index contributed by atoms with van der Waals surface area (Å²) in [5.41, 5.74) is 0.986. The molecular formula is C10H15N3S. The largest absolute Gasteiger partial charge is 0.361 e. The molecule has 0 aliphatic rings. The molecule has 0 radical (unpaired) electrons. The van der Waals surface area contributed by atoms with Gasteiger partial charge in [-0.2, -0.15) is 0 Å². The Morgan fingerprint density at radius 1 is 1.50 bits per heavy atom. The molecule has 4 heteroatoms. The van der Waals surface area contributed by atoms with E-state index in [0.717, 1.165) is 5.69 Å². The third kappa shape index (κ3) is 4.18. The SMILES string of the molecule is CC(C)NC(=S)NCc1ccccn1. The lowest BCUT2D eigenvalue weighted by molar-refractivity contribution is 0.709. The highest BCUT2D eigenvalue weighted by Crippen LogP contribution is 1.91. The number of thiocarbonyl (C=S) groups is 1. The van der Waals surface area contributed by atoms with E-state index in [2.05, 4.69) is 29.5 Å². The van der Waals surface area contributed by atoms with Crippen LogP contribution in [0.3, 0.4) is 0 Å². The molecule has 1 aromatic rings. The molecule has 1 heterocycles. The second-order valence-corrected chi connectivity index (χ2v) is 3.71. The molecule has 0 saturated carbocycles. The lowest BCUT2D eigenvalue weighted by atomic mass is 10.3. The van der Waals surface area contributed by atoms with E-state index in [-0.39, 0.29) is 0 Å². The standard InChI is InChI=1S/C10H15N3S/c1-8(2)13-10(14)12-7-9-5-3-4-6-11-9/h3-6,8H,7H2,1-2H3,(H2,12,13,14). The van der Waals surface area contributed by atoms with Crippen LogP contribution >= 0.6 is 12.2 Å². The Bertz CT molecular complexity index is 285. The minimum Gasteiger partial charge on any atom is -0.361 e. The van der Waals surface area contributed by atoms with Gasteiger partial charge < -0.3 is 10.6 Å². The number of nitrogens with one attached hydrogen (secondary N) is 2. The van der Waals surface area contributed by atoms with Gasteiger partial charge in [-0.25, -0.2) is 0 Å². The predicted molar refractivity (Wildman–Crippen MR) is 61.9 cm³/mol. The smallest absolute Gasteiger partial charge is 0.166 e. The van der Waals surface area contributed by atoms with E-state index < -0.39 is 0 Å². The van der Waals surface area contributed by atoms with Crippen molar-refractivity contribution in [3.8, 4) is 0 Å². The maximum Gasteiger partial charge on any atom is 0.166 e. The average Bonchev–Trinajstić information content (AvgIpc) is 2.15. The Labute approximate surface area is 89.9 Å². The summed E-state index contributed by atoms with van der Waals surface area (Å²) in [6.07, 6.45) is 1.77. The molecule has 0 amide bonds. The summed E-state index contributed by atoms with van der Waals surface area (Å²) in [6.45, 7) is 4.77. The zero-order valence-electron chi connectivity index (χ0n) is 8.45. The first-order valence-electron chi connectivity index (χ1n) is 4.63. The fourth-order valence-corrected chi connectivity index (χ4v) is 1.29. The number of pyridine rings is 1. The van der Waals surface area contributed by atoms with Crippen molar-refractivity contribution in [2.45, 2.75) is 26.4 Å². The Morgan fingerprint density at radius 2 is 2.29 bits per heavy atom. The van der Waals surface area contributed by atoms with Gasteiger partial charge >= 0.3 is 0 Å². The predicted octanol–water partition coefficient (Wildman–Crippen LogP) is 1.45. The molecule has 3 nitrogen and oxygen atoms in total. The van der Waals surface area contributed by atoms with E-state index >= 15 is 0 Å². The Balaban J connectivity index is 2.31. The second kappa shape index (κ2) is 5.54. The molecule has 0 aliphatic carbocycles. The second-order valence-electron chi connectivity index (χ2n) is 3.30. The van der Waals surface area contributed by atoms with Crippen LogP contribution in [0, 0.1) is 0 Å². The lowest BCUT2D eigenvalue weighted by Gasteiger charge is -2.12. The monoisotopic (exact) mass is 209 g/mol. The van der Waals surface area contributed by atoms with Gasteiger partial charge in [-0.15, -0.1) is 0 Å². The van der Waals surface area contributed by atoms with Crippen molar-refractivity contribution in [1.82, 2.24) is 15.6 Å². The molecule has 0 bridgehead atoms. The van der Waals surface area contributed by atoms with Crippen molar-refractivity contribution in [3.05, 3.63) is 30.1 Å². The van der Waals surface area contributed by atoms with Crippen LogP contribution < -0.4 is 10.6 Å². The van der Waals surface area contributed by atoms with E-state index in [4.69, 9.17) is 12.2 Å². The minimum atomic E-state index is 0.360. The summed E-state index contributed by atoms with van der Waals surface area (Å²) in [6, 6.07) is 6.18. The van der Waals surface area contributed by atoms with Crippen molar-refractivity contribution in [2.24, 2.45) is 0 Å². The number of nitrogens with zero attached hydrogens (tertiary/aromatic N) is 1. The molecule has 2 N–H and O–H groups in total. The third-order valence-electron chi connectivity index (χ3n) is 1.58. The first-order chi connectivity index (χ1) is 6.68. The molecule has 0 fully saturated rings. The molecular weight excluding hydrogens is 194 g/mol. The van der Waals surface area contributed by atoms with Gasteiger partial charge in [0.05, 0.1) is 12.2 Å². The molecule has 0 spiro atoms. The van der Waals surface area contributed by atoms with Gasteiger partial charge in [0.25, 0.3) is 0 Å². The molecule has 0 aliphatic heterocycles. The first kappa shape index (κ1) is 10.9. The van der Waals surface area contributed by atoms with Crippen LogP contribution in [0.25, 0.3) is 0 Å². The van der Waals surface area contributed by atoms with Gasteiger partial charge in [0.2, 0.25) is 0 Å². The van der Waals surface area contributed by atoms with Crippen molar-refractivity contribution < 1.29 is 0 Å². The molecule has 0 aromatic carbocycles. The highest BCUT2D eigenvalue weighted by atomic mass is 32.1. The minimum absolute atomic E-state index is 0.360. The lowest BCUT2D eigenvalue weighted by Crippen LogP contribution is -2.38. The third-order valence-corrected chi connectivity index (χ3v) is 1.84. The summed E-state index contributed by atoms with van der Waals surface area (Å²) in [5, 5.41) is 6.87. The Kier molecular flexibility index (Phi) is 4.32. The molecule has 76 valence electrons. The summed E-state index contributed by atoms with van der Waals surface area (Å²) < 4.78 is 0. The fraction of sp³-hybridized carbons (Fsp3) is 0.400. The summed E-state index contributed by atoms with van der Waals surface area (Å²) in [4.78, 5) is 4.18. The maximum absolute atomic E-state index is 5.08. The normalized spacial score (nSPS) is 9.93. The fourth-order valence-electron chi connectivity index (χ4n) is 0.987. The zero-order chi connectivity index (χ0) is 10.4. The summed E-state index contributed by atoms with van der Waals surface area (Å²) in [7, 11) is 0. The van der Waals surface area contributed by atoms with E-state index in [1.165, 1.54) is 0 Å². The van der Waals surface area contributed by atoms with Crippen LogP contribution in [0.15, 0.2) is 24.4 Å². The zero-order valence-corrected chi connectivity index (χ0v) is 9.27. The summed E-state index contributed by atoms with van der Waals surface area (Å²) in [5.74, 6) is 0. The molecule has 0 atom stereocenters. The van der Waals surface area contributed by atoms with Gasteiger partial charge in [-0.05, 0) is 38.2 Å². The van der Waals surface area contributed by atoms with Crippen LogP contribution in [0.4, 0.5) is 0 Å². The van der Waals surface area contributed by atoms with Crippen LogP contribution in [0.5, 0.6) is 0 Å². The van der Waals surface area contributed by atoms with Gasteiger partial charge in [0, 0.05) is 12.2 Å². The van der Waals surface area contributed by atoms with Crippen LogP contribution in [-0.4, -0.2) is 16.1 Å². The number of hydrogen-bond acceptors (Lipinski definition) is 2. The molecule has 14 heavy (non-hydrogen) atoms. The molecule has 1 aromatic heterocycles. The molecule has 1 rings (SSSR count). The van der Waals surface area contributed by atoms with Crippen molar-refractivity contribution in [1.29, 1.82) is 0 Å². The van der Waals surface area contributed by atoms with E-state index in [1.54, 1.807) is 6.20 Å². The quantitative estimate of drug-likeness (QED) is 0.739. The number of aromatic nitrogens is 1. The number of rotatable bonds is 3. The first-order valence-corrected chi connectivity index (χ1v) is 5.03. The van der Waals surface area contributed by atoms with Crippen molar-refractivity contribution in [2.75, 3.05) is 0 Å². The number of hydrogen-bond donors (Lipinski definition) is 2. The van der Waals surface area contributed by atoms with Crippen LogP contribution in [-0.2, 0) is 6.54 Å². The highest BCUT2D eigenvalue weighted by Gasteiger charge is 1.98. The maximum atomic E-state index is 5.08. The van der Waals surface area contributed by atoms with E-state index in [9.17, 15) is 0 Å². The highest BCUT2D eigenvalue weighted by molar-refractivity contribution is 7.80. The topological polar surface area (TPSA) is 37.0 Å². The Morgan fingerprint density at radius 3 is 2.86 bits per heavy atom.